The van der Waals surface area contributed by atoms with Crippen LogP contribution in [0.5, 0.6) is 11.5 Å². The van der Waals surface area contributed by atoms with Crippen LogP contribution < -0.4 is 9.47 Å². The van der Waals surface area contributed by atoms with Crippen molar-refractivity contribution in [2.75, 3.05) is 21.3 Å². The fourth-order valence-electron chi connectivity index (χ4n) is 2.32. The number of rotatable bonds is 7. The SMILES string of the molecule is COc1ccc(CN(C)C(=O)C=Cc2ccc([N+](=O)[O-])cc2)c(OC)c1. The van der Waals surface area contributed by atoms with Crippen LogP contribution in [0.1, 0.15) is 11.1 Å². The molecule has 2 aromatic rings. The molecule has 0 aliphatic heterocycles. The molecular formula is C19H20N2O5. The number of carbonyl (C=O) groups is 1. The Bertz CT molecular complexity index is 815. The molecule has 0 saturated carbocycles. The van der Waals surface area contributed by atoms with E-state index >= 15 is 0 Å². The van der Waals surface area contributed by atoms with Crippen LogP contribution in [0.2, 0.25) is 0 Å². The lowest BCUT2D eigenvalue weighted by Gasteiger charge is -2.17. The minimum absolute atomic E-state index is 0.0113. The van der Waals surface area contributed by atoms with Crippen molar-refractivity contribution in [3.05, 3.63) is 69.8 Å². The molecule has 0 aromatic heterocycles. The van der Waals surface area contributed by atoms with Crippen LogP contribution in [0.4, 0.5) is 5.69 Å². The molecule has 136 valence electrons. The summed E-state index contributed by atoms with van der Waals surface area (Å²) in [5.74, 6) is 1.13. The molecule has 0 bridgehead atoms. The first-order valence-electron chi connectivity index (χ1n) is 7.83. The van der Waals surface area contributed by atoms with Crippen molar-refractivity contribution < 1.29 is 19.2 Å². The molecule has 0 N–H and O–H groups in total. The van der Waals surface area contributed by atoms with Crippen molar-refractivity contribution in [1.29, 1.82) is 0 Å². The molecule has 0 fully saturated rings. The van der Waals surface area contributed by atoms with E-state index in [1.165, 1.54) is 18.2 Å². The lowest BCUT2D eigenvalue weighted by Crippen LogP contribution is -2.24. The zero-order valence-corrected chi connectivity index (χ0v) is 14.8. The normalized spacial score (nSPS) is 10.6. The summed E-state index contributed by atoms with van der Waals surface area (Å²) < 4.78 is 10.5. The van der Waals surface area contributed by atoms with Gasteiger partial charge < -0.3 is 14.4 Å². The third-order valence-electron chi connectivity index (χ3n) is 3.80. The number of methoxy groups -OCH3 is 2. The zero-order valence-electron chi connectivity index (χ0n) is 14.8. The number of benzene rings is 2. The predicted molar refractivity (Wildman–Crippen MR) is 98.2 cm³/mol. The molecule has 0 heterocycles. The molecular weight excluding hydrogens is 336 g/mol. The number of ether oxygens (including phenoxy) is 2. The van der Waals surface area contributed by atoms with Crippen molar-refractivity contribution >= 4 is 17.7 Å². The number of non-ortho nitro benzene ring substituents is 1. The third-order valence-corrected chi connectivity index (χ3v) is 3.80. The average molecular weight is 356 g/mol. The van der Waals surface area contributed by atoms with Gasteiger partial charge in [0.05, 0.1) is 19.1 Å². The number of nitro benzene ring substituents is 1. The summed E-state index contributed by atoms with van der Waals surface area (Å²) in [7, 11) is 4.83. The zero-order chi connectivity index (χ0) is 19.1. The van der Waals surface area contributed by atoms with Crippen LogP contribution in [0.15, 0.2) is 48.5 Å². The largest absolute Gasteiger partial charge is 0.497 e. The molecule has 0 aliphatic rings. The standard InChI is InChI=1S/C19H20N2O5/c1-20(13-15-7-10-17(25-2)12-18(15)26-3)19(22)11-6-14-4-8-16(9-5-14)21(23)24/h4-12H,13H2,1-3H3. The van der Waals surface area contributed by atoms with Crippen molar-refractivity contribution in [2.45, 2.75) is 6.54 Å². The van der Waals surface area contributed by atoms with E-state index in [9.17, 15) is 14.9 Å². The first-order valence-corrected chi connectivity index (χ1v) is 7.83. The second kappa shape index (κ2) is 8.66. The van der Waals surface area contributed by atoms with Gasteiger partial charge in [-0.3, -0.25) is 14.9 Å². The molecule has 0 atom stereocenters. The van der Waals surface area contributed by atoms with E-state index in [0.717, 1.165) is 5.56 Å². The van der Waals surface area contributed by atoms with Gasteiger partial charge in [-0.25, -0.2) is 0 Å². The number of hydrogen-bond acceptors (Lipinski definition) is 5. The van der Waals surface area contributed by atoms with Gasteiger partial charge in [0.25, 0.3) is 5.69 Å². The highest BCUT2D eigenvalue weighted by atomic mass is 16.6. The Kier molecular flexibility index (Phi) is 6.32. The molecule has 0 spiro atoms. The Morgan fingerprint density at radius 1 is 1.15 bits per heavy atom. The maximum absolute atomic E-state index is 12.3. The van der Waals surface area contributed by atoms with Gasteiger partial charge in [-0.15, -0.1) is 0 Å². The third kappa shape index (κ3) is 4.83. The summed E-state index contributed by atoms with van der Waals surface area (Å²) in [5.41, 5.74) is 1.57. The van der Waals surface area contributed by atoms with Gasteiger partial charge in [-0.05, 0) is 35.9 Å². The van der Waals surface area contributed by atoms with Crippen LogP contribution in [0, 0.1) is 10.1 Å². The van der Waals surface area contributed by atoms with Gasteiger partial charge in [0.1, 0.15) is 11.5 Å². The number of hydrogen-bond donors (Lipinski definition) is 0. The van der Waals surface area contributed by atoms with E-state index in [1.807, 2.05) is 12.1 Å². The van der Waals surface area contributed by atoms with Crippen LogP contribution in [-0.2, 0) is 11.3 Å². The fraction of sp³-hybridized carbons (Fsp3) is 0.211. The molecule has 0 radical (unpaired) electrons. The van der Waals surface area contributed by atoms with Crippen molar-refractivity contribution in [3.8, 4) is 11.5 Å². The predicted octanol–water partition coefficient (Wildman–Crippen LogP) is 3.28. The van der Waals surface area contributed by atoms with E-state index in [1.54, 1.807) is 50.4 Å². The van der Waals surface area contributed by atoms with E-state index < -0.39 is 4.92 Å². The van der Waals surface area contributed by atoms with Gasteiger partial charge in [-0.2, -0.15) is 0 Å². The highest BCUT2D eigenvalue weighted by molar-refractivity contribution is 5.91. The summed E-state index contributed by atoms with van der Waals surface area (Å²) in [6, 6.07) is 11.4. The Hall–Kier alpha value is -3.35. The van der Waals surface area contributed by atoms with E-state index in [-0.39, 0.29) is 11.6 Å². The minimum Gasteiger partial charge on any atom is -0.497 e. The topological polar surface area (TPSA) is 81.9 Å². The average Bonchev–Trinajstić information content (AvgIpc) is 2.66. The smallest absolute Gasteiger partial charge is 0.269 e. The molecule has 0 aliphatic carbocycles. The molecule has 0 unspecified atom stereocenters. The van der Waals surface area contributed by atoms with Gasteiger partial charge >= 0.3 is 0 Å². The number of nitrogens with zero attached hydrogens (tertiary/aromatic N) is 2. The molecule has 0 saturated heterocycles. The summed E-state index contributed by atoms with van der Waals surface area (Å²) in [5, 5.41) is 10.6. The summed E-state index contributed by atoms with van der Waals surface area (Å²) in [6.45, 7) is 0.372. The first-order chi connectivity index (χ1) is 12.4. The van der Waals surface area contributed by atoms with Crippen LogP contribution in [0.3, 0.4) is 0 Å². The number of nitro groups is 1. The lowest BCUT2D eigenvalue weighted by atomic mass is 10.1. The lowest BCUT2D eigenvalue weighted by molar-refractivity contribution is -0.384. The summed E-state index contributed by atoms with van der Waals surface area (Å²) >= 11 is 0. The molecule has 1 amide bonds. The maximum Gasteiger partial charge on any atom is 0.269 e. The van der Waals surface area contributed by atoms with Gasteiger partial charge in [0, 0.05) is 43.4 Å². The van der Waals surface area contributed by atoms with Gasteiger partial charge in [0.2, 0.25) is 5.91 Å². The fourth-order valence-corrected chi connectivity index (χ4v) is 2.32. The second-order valence-electron chi connectivity index (χ2n) is 5.55. The van der Waals surface area contributed by atoms with Crippen molar-refractivity contribution in [3.63, 3.8) is 0 Å². The highest BCUT2D eigenvalue weighted by Gasteiger charge is 2.11. The maximum atomic E-state index is 12.3. The number of amides is 1. The van der Waals surface area contributed by atoms with Gasteiger partial charge in [-0.1, -0.05) is 0 Å². The molecule has 2 aromatic carbocycles. The van der Waals surface area contributed by atoms with Gasteiger partial charge in [0.15, 0.2) is 0 Å². The summed E-state index contributed by atoms with van der Waals surface area (Å²) in [6.07, 6.45) is 3.05. The first kappa shape index (κ1) is 19.0. The Morgan fingerprint density at radius 2 is 1.85 bits per heavy atom. The van der Waals surface area contributed by atoms with E-state index in [2.05, 4.69) is 0 Å². The highest BCUT2D eigenvalue weighted by Crippen LogP contribution is 2.25. The van der Waals surface area contributed by atoms with Crippen LogP contribution in [-0.4, -0.2) is 37.0 Å². The van der Waals surface area contributed by atoms with E-state index in [4.69, 9.17) is 9.47 Å². The second-order valence-corrected chi connectivity index (χ2v) is 5.55. The Labute approximate surface area is 151 Å². The van der Waals surface area contributed by atoms with Crippen LogP contribution >= 0.6 is 0 Å². The van der Waals surface area contributed by atoms with E-state index in [0.29, 0.717) is 23.6 Å². The number of likely N-dealkylation sites (N-methyl/N-ethyl adjacent to an activating group) is 1. The minimum atomic E-state index is -0.464. The molecule has 7 nitrogen and oxygen atoms in total. The quantitative estimate of drug-likeness (QED) is 0.432. The van der Waals surface area contributed by atoms with Crippen molar-refractivity contribution in [1.82, 2.24) is 4.90 Å². The Morgan fingerprint density at radius 3 is 2.42 bits per heavy atom. The summed E-state index contributed by atoms with van der Waals surface area (Å²) in [4.78, 5) is 24.0. The van der Waals surface area contributed by atoms with Crippen LogP contribution in [0.25, 0.3) is 6.08 Å². The number of carbonyl (C=O) groups excluding carboxylic acids is 1. The molecule has 26 heavy (non-hydrogen) atoms. The Balaban J connectivity index is 2.04. The molecule has 2 rings (SSSR count). The van der Waals surface area contributed by atoms with Crippen molar-refractivity contribution in [2.24, 2.45) is 0 Å². The monoisotopic (exact) mass is 356 g/mol. The molecule has 7 heteroatoms.